The number of carbonyl (C=O) groups excluding carboxylic acids is 1. The smallest absolute Gasteiger partial charge is 0.305 e. The van der Waals surface area contributed by atoms with Crippen molar-refractivity contribution >= 4 is 35.4 Å². The molecule has 1 amide bonds. The van der Waals surface area contributed by atoms with E-state index in [0.717, 1.165) is 23.1 Å². The molecule has 0 saturated carbocycles. The second-order valence-electron chi connectivity index (χ2n) is 4.13. The lowest BCUT2D eigenvalue weighted by atomic mass is 10.1. The second-order valence-corrected chi connectivity index (χ2v) is 6.31. The molecule has 2 N–H and O–H groups in total. The molecule has 2 fully saturated rings. The highest BCUT2D eigenvalue weighted by Crippen LogP contribution is 2.21. The molecule has 2 heterocycles. The zero-order valence-corrected chi connectivity index (χ0v) is 11.1. The zero-order valence-electron chi connectivity index (χ0n) is 9.42. The second kappa shape index (κ2) is 5.97. The van der Waals surface area contributed by atoms with Crippen LogP contribution in [-0.2, 0) is 9.59 Å². The third-order valence-electron chi connectivity index (χ3n) is 2.94. The third kappa shape index (κ3) is 3.29. The van der Waals surface area contributed by atoms with Crippen molar-refractivity contribution in [3.63, 3.8) is 0 Å². The van der Waals surface area contributed by atoms with Gasteiger partial charge in [-0.2, -0.15) is 11.8 Å². The number of rotatable bonds is 3. The average Bonchev–Trinajstić information content (AvgIpc) is 2.81. The van der Waals surface area contributed by atoms with Crippen LogP contribution in [0.1, 0.15) is 6.42 Å². The van der Waals surface area contributed by atoms with Crippen LogP contribution in [0.2, 0.25) is 0 Å². The van der Waals surface area contributed by atoms with Crippen LogP contribution >= 0.6 is 23.5 Å². The highest BCUT2D eigenvalue weighted by molar-refractivity contribution is 7.99. The van der Waals surface area contributed by atoms with E-state index in [1.165, 1.54) is 0 Å². The molecule has 0 aromatic rings. The molecule has 0 radical (unpaired) electrons. The number of carboxylic acid groups (broad SMARTS) is 1. The fourth-order valence-corrected chi connectivity index (χ4v) is 4.06. The Morgan fingerprint density at radius 2 is 2.18 bits per heavy atom. The number of carbonyl (C=O) groups is 2. The Morgan fingerprint density at radius 3 is 2.82 bits per heavy atom. The van der Waals surface area contributed by atoms with Crippen LogP contribution in [0.25, 0.3) is 0 Å². The van der Waals surface area contributed by atoms with Crippen molar-refractivity contribution in [3.05, 3.63) is 0 Å². The highest BCUT2D eigenvalue weighted by atomic mass is 32.2. The van der Waals surface area contributed by atoms with Gasteiger partial charge >= 0.3 is 5.97 Å². The molecular weight excluding hydrogens is 260 g/mol. The topological polar surface area (TPSA) is 69.6 Å². The van der Waals surface area contributed by atoms with E-state index in [1.54, 1.807) is 28.4 Å². The van der Waals surface area contributed by atoms with Crippen molar-refractivity contribution in [2.75, 3.05) is 29.7 Å². The standard InChI is InChI=1S/C10H16N2O3S2/c13-9(14)3-7-4-16-2-1-12(7)10(15)8-5-17-6-11-8/h7-8,11H,1-6H2,(H,13,14). The van der Waals surface area contributed by atoms with Gasteiger partial charge in [-0.3, -0.25) is 14.9 Å². The van der Waals surface area contributed by atoms with Gasteiger partial charge in [-0.1, -0.05) is 0 Å². The van der Waals surface area contributed by atoms with Crippen LogP contribution in [0, 0.1) is 0 Å². The Labute approximate surface area is 109 Å². The SMILES string of the molecule is O=C(O)CC1CSCCN1C(=O)C1CSCN1. The first-order valence-electron chi connectivity index (χ1n) is 5.59. The molecule has 96 valence electrons. The lowest BCUT2D eigenvalue weighted by Crippen LogP contribution is -2.53. The van der Waals surface area contributed by atoms with E-state index in [2.05, 4.69) is 5.32 Å². The molecule has 17 heavy (non-hydrogen) atoms. The minimum atomic E-state index is -0.830. The monoisotopic (exact) mass is 276 g/mol. The summed E-state index contributed by atoms with van der Waals surface area (Å²) in [4.78, 5) is 24.8. The van der Waals surface area contributed by atoms with Crippen LogP contribution in [0.5, 0.6) is 0 Å². The first-order valence-corrected chi connectivity index (χ1v) is 7.90. The quantitative estimate of drug-likeness (QED) is 0.760. The predicted molar refractivity (Wildman–Crippen MR) is 69.3 cm³/mol. The van der Waals surface area contributed by atoms with Gasteiger partial charge in [0.15, 0.2) is 0 Å². The number of amides is 1. The maximum absolute atomic E-state index is 12.2. The lowest BCUT2D eigenvalue weighted by Gasteiger charge is -2.36. The van der Waals surface area contributed by atoms with Crippen LogP contribution in [0.15, 0.2) is 0 Å². The molecule has 5 nitrogen and oxygen atoms in total. The minimum Gasteiger partial charge on any atom is -0.481 e. The number of nitrogens with zero attached hydrogens (tertiary/aromatic N) is 1. The first kappa shape index (κ1) is 13.0. The van der Waals surface area contributed by atoms with Gasteiger partial charge in [0.2, 0.25) is 5.91 Å². The highest BCUT2D eigenvalue weighted by Gasteiger charge is 2.34. The number of thioether (sulfide) groups is 2. The summed E-state index contributed by atoms with van der Waals surface area (Å²) in [5.41, 5.74) is 0. The number of hydrogen-bond acceptors (Lipinski definition) is 5. The number of carboxylic acids is 1. The summed E-state index contributed by atoms with van der Waals surface area (Å²) in [6.45, 7) is 0.671. The Morgan fingerprint density at radius 1 is 1.35 bits per heavy atom. The van der Waals surface area contributed by atoms with Gasteiger partial charge in [0, 0.05) is 29.7 Å². The van der Waals surface area contributed by atoms with E-state index in [-0.39, 0.29) is 24.4 Å². The summed E-state index contributed by atoms with van der Waals surface area (Å²) in [6.07, 6.45) is 0.0542. The molecular formula is C10H16N2O3S2. The van der Waals surface area contributed by atoms with Crippen molar-refractivity contribution in [2.24, 2.45) is 0 Å². The fourth-order valence-electron chi connectivity index (χ4n) is 2.07. The first-order chi connectivity index (χ1) is 8.18. The van der Waals surface area contributed by atoms with Crippen molar-refractivity contribution in [1.29, 1.82) is 0 Å². The van der Waals surface area contributed by atoms with E-state index in [4.69, 9.17) is 5.11 Å². The van der Waals surface area contributed by atoms with Crippen LogP contribution in [-0.4, -0.2) is 63.6 Å². The Kier molecular flexibility index (Phi) is 4.58. The summed E-state index contributed by atoms with van der Waals surface area (Å²) in [5, 5.41) is 12.0. The summed E-state index contributed by atoms with van der Waals surface area (Å²) in [7, 11) is 0. The van der Waals surface area contributed by atoms with Gasteiger partial charge in [-0.05, 0) is 0 Å². The third-order valence-corrected chi connectivity index (χ3v) is 4.97. The van der Waals surface area contributed by atoms with Crippen molar-refractivity contribution < 1.29 is 14.7 Å². The number of hydrogen-bond donors (Lipinski definition) is 2. The molecule has 2 atom stereocenters. The van der Waals surface area contributed by atoms with Crippen LogP contribution in [0.3, 0.4) is 0 Å². The summed E-state index contributed by atoms with van der Waals surface area (Å²) in [5.74, 6) is 2.48. The van der Waals surface area contributed by atoms with Crippen LogP contribution in [0.4, 0.5) is 0 Å². The van der Waals surface area contributed by atoms with Gasteiger partial charge < -0.3 is 10.0 Å². The van der Waals surface area contributed by atoms with E-state index in [9.17, 15) is 9.59 Å². The van der Waals surface area contributed by atoms with Gasteiger partial charge in [0.1, 0.15) is 0 Å². The van der Waals surface area contributed by atoms with E-state index >= 15 is 0 Å². The molecule has 2 saturated heterocycles. The minimum absolute atomic E-state index is 0.0542. The van der Waals surface area contributed by atoms with Gasteiger partial charge in [-0.15, -0.1) is 11.8 Å². The van der Waals surface area contributed by atoms with Gasteiger partial charge in [0.05, 0.1) is 18.5 Å². The summed E-state index contributed by atoms with van der Waals surface area (Å²) < 4.78 is 0. The Hall–Kier alpha value is -0.400. The molecule has 2 rings (SSSR count). The predicted octanol–water partition coefficient (Wildman–Crippen LogP) is 0.0676. The van der Waals surface area contributed by atoms with Crippen molar-refractivity contribution in [2.45, 2.75) is 18.5 Å². The molecule has 0 aromatic carbocycles. The molecule has 7 heteroatoms. The van der Waals surface area contributed by atoms with E-state index in [0.29, 0.717) is 6.54 Å². The molecule has 0 aromatic heterocycles. The van der Waals surface area contributed by atoms with Gasteiger partial charge in [-0.25, -0.2) is 0 Å². The van der Waals surface area contributed by atoms with Crippen LogP contribution < -0.4 is 5.32 Å². The Bertz CT molecular complexity index is 308. The lowest BCUT2D eigenvalue weighted by molar-refractivity contribution is -0.140. The van der Waals surface area contributed by atoms with E-state index in [1.807, 2.05) is 0 Å². The van der Waals surface area contributed by atoms with Crippen molar-refractivity contribution in [3.8, 4) is 0 Å². The molecule has 2 aliphatic heterocycles. The normalized spacial score (nSPS) is 29.3. The molecule has 0 aliphatic carbocycles. The molecule has 2 unspecified atom stereocenters. The average molecular weight is 276 g/mol. The maximum atomic E-state index is 12.2. The zero-order chi connectivity index (χ0) is 12.3. The largest absolute Gasteiger partial charge is 0.481 e. The fraction of sp³-hybridized carbons (Fsp3) is 0.800. The number of nitrogens with one attached hydrogen (secondary N) is 1. The maximum Gasteiger partial charge on any atom is 0.305 e. The van der Waals surface area contributed by atoms with E-state index < -0.39 is 5.97 Å². The Balaban J connectivity index is 1.99. The summed E-state index contributed by atoms with van der Waals surface area (Å²) >= 11 is 3.44. The molecule has 2 aliphatic rings. The molecule has 0 spiro atoms. The number of aliphatic carboxylic acids is 1. The summed E-state index contributed by atoms with van der Waals surface area (Å²) in [6, 6.07) is -0.273. The van der Waals surface area contributed by atoms with Gasteiger partial charge in [0.25, 0.3) is 0 Å². The molecule has 0 bridgehead atoms. The van der Waals surface area contributed by atoms with Crippen molar-refractivity contribution in [1.82, 2.24) is 10.2 Å².